The quantitative estimate of drug-likeness (QED) is 0.599. The van der Waals surface area contributed by atoms with Gasteiger partial charge in [0.1, 0.15) is 11.9 Å². The van der Waals surface area contributed by atoms with Gasteiger partial charge in [0.25, 0.3) is 0 Å². The maximum absolute atomic E-state index is 13.7. The average molecular weight is 511 g/mol. The van der Waals surface area contributed by atoms with E-state index >= 15 is 0 Å². The summed E-state index contributed by atoms with van der Waals surface area (Å²) in [5, 5.41) is 2.19. The highest BCUT2D eigenvalue weighted by molar-refractivity contribution is 7.90. The molecule has 1 N–H and O–H groups in total. The zero-order valence-corrected chi connectivity index (χ0v) is 19.9. The van der Waals surface area contributed by atoms with Crippen LogP contribution in [0.2, 0.25) is 5.02 Å². The fourth-order valence-corrected chi connectivity index (χ4v) is 6.68. The van der Waals surface area contributed by atoms with Gasteiger partial charge in [0.15, 0.2) is 10.8 Å². The summed E-state index contributed by atoms with van der Waals surface area (Å²) < 4.78 is 46.7. The van der Waals surface area contributed by atoms with Crippen molar-refractivity contribution in [2.24, 2.45) is 4.99 Å². The molecule has 0 radical (unpaired) electrons. The van der Waals surface area contributed by atoms with E-state index in [1.165, 1.54) is 36.6 Å². The second kappa shape index (κ2) is 8.46. The smallest absolute Gasteiger partial charge is 0.338 e. The second-order valence-electron chi connectivity index (χ2n) is 8.08. The van der Waals surface area contributed by atoms with E-state index in [0.29, 0.717) is 41.5 Å². The van der Waals surface area contributed by atoms with Crippen LogP contribution in [-0.2, 0) is 19.6 Å². The van der Waals surface area contributed by atoms with Crippen molar-refractivity contribution < 1.29 is 22.3 Å². The lowest BCUT2D eigenvalue weighted by Gasteiger charge is -2.31. The Morgan fingerprint density at radius 2 is 2.15 bits per heavy atom. The van der Waals surface area contributed by atoms with E-state index < -0.39 is 33.9 Å². The fourth-order valence-electron chi connectivity index (χ4n) is 4.20. The molecule has 1 aromatic heterocycles. The number of amidine groups is 1. The van der Waals surface area contributed by atoms with E-state index in [1.54, 1.807) is 11.6 Å². The van der Waals surface area contributed by atoms with Gasteiger partial charge >= 0.3 is 5.97 Å². The van der Waals surface area contributed by atoms with Gasteiger partial charge in [-0.1, -0.05) is 17.7 Å². The van der Waals surface area contributed by atoms with Gasteiger partial charge in [0.2, 0.25) is 10.0 Å². The van der Waals surface area contributed by atoms with Crippen LogP contribution in [0.4, 0.5) is 4.39 Å². The van der Waals surface area contributed by atoms with E-state index in [0.717, 1.165) is 0 Å². The van der Waals surface area contributed by atoms with E-state index in [1.807, 2.05) is 4.90 Å². The molecule has 5 rings (SSSR count). The summed E-state index contributed by atoms with van der Waals surface area (Å²) >= 11 is 7.72. The molecule has 0 amide bonds. The minimum Gasteiger partial charge on any atom is -0.466 e. The van der Waals surface area contributed by atoms with E-state index in [-0.39, 0.29) is 22.3 Å². The van der Waals surface area contributed by atoms with Crippen molar-refractivity contribution in [3.63, 3.8) is 0 Å². The molecule has 1 saturated carbocycles. The number of nitrogens with one attached hydrogen (secondary N) is 1. The number of carbonyl (C=O) groups excluding carboxylic acids is 1. The van der Waals surface area contributed by atoms with Crippen molar-refractivity contribution >= 4 is 44.8 Å². The third kappa shape index (κ3) is 4.18. The number of nitrogens with zero attached hydrogens (tertiary/aromatic N) is 3. The monoisotopic (exact) mass is 510 g/mol. The summed E-state index contributed by atoms with van der Waals surface area (Å²) in [7, 11) is -2.17. The molecule has 0 spiro atoms. The predicted molar refractivity (Wildman–Crippen MR) is 122 cm³/mol. The lowest BCUT2D eigenvalue weighted by Crippen LogP contribution is -2.40. The van der Waals surface area contributed by atoms with Crippen molar-refractivity contribution in [3.05, 3.63) is 62.5 Å². The lowest BCUT2D eigenvalue weighted by molar-refractivity contribution is -0.136. The highest BCUT2D eigenvalue weighted by Gasteiger charge is 2.45. The molecule has 33 heavy (non-hydrogen) atoms. The van der Waals surface area contributed by atoms with Gasteiger partial charge < -0.3 is 9.64 Å². The fraction of sp³-hybridized carbons (Fsp3) is 0.381. The molecule has 2 aliphatic heterocycles. The molecule has 0 bridgehead atoms. The van der Waals surface area contributed by atoms with Crippen molar-refractivity contribution in [1.29, 1.82) is 0 Å². The van der Waals surface area contributed by atoms with E-state index in [4.69, 9.17) is 21.3 Å². The Bertz CT molecular complexity index is 1280. The first kappa shape index (κ1) is 22.5. The van der Waals surface area contributed by atoms with Crippen molar-refractivity contribution in [3.8, 4) is 0 Å². The average Bonchev–Trinajstić information content (AvgIpc) is 3.36. The van der Waals surface area contributed by atoms with Crippen LogP contribution < -0.4 is 4.72 Å². The molecule has 1 saturated heterocycles. The molecule has 12 heteroatoms. The number of benzene rings is 1. The Morgan fingerprint density at radius 3 is 2.79 bits per heavy atom. The van der Waals surface area contributed by atoms with Crippen LogP contribution in [-0.4, -0.2) is 55.1 Å². The summed E-state index contributed by atoms with van der Waals surface area (Å²) in [6.45, 7) is 0.296. The topological polar surface area (TPSA) is 101 Å². The van der Waals surface area contributed by atoms with Gasteiger partial charge in [0, 0.05) is 46.9 Å². The molecule has 1 aliphatic carbocycles. The summed E-state index contributed by atoms with van der Waals surface area (Å²) in [5.41, 5.74) is 1.29. The van der Waals surface area contributed by atoms with Crippen LogP contribution in [0.3, 0.4) is 0 Å². The van der Waals surface area contributed by atoms with E-state index in [2.05, 4.69) is 9.71 Å². The third-order valence-corrected chi connectivity index (χ3v) is 8.95. The van der Waals surface area contributed by atoms with Gasteiger partial charge in [-0.2, -0.15) is 0 Å². The van der Waals surface area contributed by atoms with Crippen LogP contribution in [0.15, 0.2) is 46.0 Å². The van der Waals surface area contributed by atoms with Crippen LogP contribution in [0.25, 0.3) is 0 Å². The SMILES string of the molecule is COC(=O)C1=C2C[C@H](NS(=O)(=O)C3CC3)CN2C(c2nccs2)=N[C@H]1c1ccc(F)cc1Cl. The molecule has 0 unspecified atom stereocenters. The van der Waals surface area contributed by atoms with Crippen molar-refractivity contribution in [2.45, 2.75) is 36.6 Å². The highest BCUT2D eigenvalue weighted by atomic mass is 35.5. The lowest BCUT2D eigenvalue weighted by atomic mass is 9.94. The largest absolute Gasteiger partial charge is 0.466 e. The minimum atomic E-state index is -3.44. The minimum absolute atomic E-state index is 0.127. The Hall–Kier alpha value is -2.34. The standard InChI is InChI=1S/C21H20ClFN4O4S2/c1-31-21(28)17-16-9-12(26-33(29,30)13-3-4-13)10-27(16)19(20-24-6-7-32-20)25-18(17)14-5-2-11(23)8-15(14)22/h2,5-8,12-13,18,26H,3-4,9-10H2,1H3/t12-,18-/m0/s1. The first-order valence-corrected chi connectivity index (χ1v) is 13.1. The zero-order valence-electron chi connectivity index (χ0n) is 17.5. The molecule has 1 aromatic carbocycles. The molecule has 174 valence electrons. The number of methoxy groups -OCH3 is 1. The maximum Gasteiger partial charge on any atom is 0.338 e. The van der Waals surface area contributed by atoms with Crippen LogP contribution in [0, 0.1) is 5.82 Å². The number of aliphatic imine (C=N–C) groups is 1. The number of thiazole rings is 1. The summed E-state index contributed by atoms with van der Waals surface area (Å²) in [6.07, 6.45) is 3.22. The van der Waals surface area contributed by atoms with Crippen molar-refractivity contribution in [2.75, 3.05) is 13.7 Å². The molecule has 3 heterocycles. The Balaban J connectivity index is 1.62. The Morgan fingerprint density at radius 1 is 1.36 bits per heavy atom. The van der Waals surface area contributed by atoms with E-state index in [9.17, 15) is 17.6 Å². The molecule has 8 nitrogen and oxygen atoms in total. The number of ether oxygens (including phenoxy) is 1. The highest BCUT2D eigenvalue weighted by Crippen LogP contribution is 2.43. The normalized spacial score (nSPS) is 22.9. The second-order valence-corrected chi connectivity index (χ2v) is 11.4. The summed E-state index contributed by atoms with van der Waals surface area (Å²) in [5.74, 6) is -0.604. The van der Waals surface area contributed by atoms with Gasteiger partial charge in [-0.15, -0.1) is 11.3 Å². The van der Waals surface area contributed by atoms with Crippen molar-refractivity contribution in [1.82, 2.24) is 14.6 Å². The zero-order chi connectivity index (χ0) is 23.3. The van der Waals surface area contributed by atoms with Gasteiger partial charge in [-0.05, 0) is 25.0 Å². The molecular formula is C21H20ClFN4O4S2. The van der Waals surface area contributed by atoms with Crippen LogP contribution in [0.5, 0.6) is 0 Å². The molecule has 3 aliphatic rings. The predicted octanol–water partition coefficient (Wildman–Crippen LogP) is 3.02. The molecular weight excluding hydrogens is 491 g/mol. The first-order valence-electron chi connectivity index (χ1n) is 10.3. The number of carbonyl (C=O) groups is 1. The summed E-state index contributed by atoms with van der Waals surface area (Å²) in [6, 6.07) is 2.62. The maximum atomic E-state index is 13.7. The number of hydrogen-bond donors (Lipinski definition) is 1. The number of sulfonamides is 1. The number of halogens is 2. The number of esters is 1. The molecule has 2 aromatic rings. The molecule has 2 fully saturated rings. The Kier molecular flexibility index (Phi) is 5.76. The van der Waals surface area contributed by atoms with Crippen LogP contribution >= 0.6 is 22.9 Å². The number of fused-ring (bicyclic) bond motifs is 1. The van der Waals surface area contributed by atoms with Gasteiger partial charge in [0.05, 0.1) is 17.9 Å². The van der Waals surface area contributed by atoms with Crippen LogP contribution in [0.1, 0.15) is 35.9 Å². The molecule has 2 atom stereocenters. The Labute approximate surface area is 199 Å². The first-order chi connectivity index (χ1) is 15.8. The number of aromatic nitrogens is 1. The van der Waals surface area contributed by atoms with Gasteiger partial charge in [-0.3, -0.25) is 4.99 Å². The van der Waals surface area contributed by atoms with Gasteiger partial charge in [-0.25, -0.2) is 27.3 Å². The summed E-state index contributed by atoms with van der Waals surface area (Å²) in [4.78, 5) is 23.9. The third-order valence-electron chi connectivity index (χ3n) is 5.84. The number of hydrogen-bond acceptors (Lipinski definition) is 8. The number of rotatable bonds is 6.